The monoisotopic (exact) mass is 354 g/mol. The fourth-order valence-electron chi connectivity index (χ4n) is 2.20. The lowest BCUT2D eigenvalue weighted by molar-refractivity contribution is 0.498. The van der Waals surface area contributed by atoms with Gasteiger partial charge in [-0.1, -0.05) is 44.2 Å². The minimum absolute atomic E-state index is 0.0818. The molecule has 112 valence electrons. The van der Waals surface area contributed by atoms with Gasteiger partial charge < -0.3 is 0 Å². The largest absolute Gasteiger partial charge is 0.271 e. The standard InChI is InChI=1S/C16H17BrF2N2/c1-9(2)10-3-5-11(6-4-10)16(21-20)12-7-8-13(18)15(19)14(12)17/h3-9,16,21H,20H2,1-2H3. The van der Waals surface area contributed by atoms with Crippen molar-refractivity contribution in [1.29, 1.82) is 0 Å². The van der Waals surface area contributed by atoms with E-state index in [9.17, 15) is 8.78 Å². The Morgan fingerprint density at radius 2 is 1.57 bits per heavy atom. The SMILES string of the molecule is CC(C)c1ccc(C(NN)c2ccc(F)c(F)c2Br)cc1. The minimum atomic E-state index is -0.911. The molecule has 2 nitrogen and oxygen atoms in total. The van der Waals surface area contributed by atoms with Crippen molar-refractivity contribution in [2.45, 2.75) is 25.8 Å². The van der Waals surface area contributed by atoms with Gasteiger partial charge >= 0.3 is 0 Å². The second-order valence-corrected chi connectivity index (χ2v) is 5.98. The van der Waals surface area contributed by atoms with Crippen molar-refractivity contribution < 1.29 is 8.78 Å². The first kappa shape index (κ1) is 16.1. The highest BCUT2D eigenvalue weighted by molar-refractivity contribution is 9.10. The Morgan fingerprint density at radius 1 is 1.00 bits per heavy atom. The highest BCUT2D eigenvalue weighted by Crippen LogP contribution is 2.31. The Labute approximate surface area is 131 Å². The normalized spacial score (nSPS) is 12.7. The summed E-state index contributed by atoms with van der Waals surface area (Å²) < 4.78 is 27.0. The third-order valence-electron chi connectivity index (χ3n) is 3.48. The van der Waals surface area contributed by atoms with Gasteiger partial charge in [0.1, 0.15) is 0 Å². The van der Waals surface area contributed by atoms with Gasteiger partial charge in [0.25, 0.3) is 0 Å². The van der Waals surface area contributed by atoms with Crippen LogP contribution < -0.4 is 11.3 Å². The second-order valence-electron chi connectivity index (χ2n) is 5.19. The molecule has 0 radical (unpaired) electrons. The lowest BCUT2D eigenvalue weighted by atomic mass is 9.95. The zero-order chi connectivity index (χ0) is 15.6. The third kappa shape index (κ3) is 3.31. The molecule has 0 aliphatic rings. The smallest absolute Gasteiger partial charge is 0.173 e. The molecule has 5 heteroatoms. The van der Waals surface area contributed by atoms with Gasteiger partial charge in [-0.05, 0) is 44.6 Å². The average molecular weight is 355 g/mol. The molecular weight excluding hydrogens is 338 g/mol. The summed E-state index contributed by atoms with van der Waals surface area (Å²) in [7, 11) is 0. The molecule has 0 spiro atoms. The minimum Gasteiger partial charge on any atom is -0.271 e. The molecule has 0 bridgehead atoms. The first-order chi connectivity index (χ1) is 9.95. The van der Waals surface area contributed by atoms with Gasteiger partial charge in [-0.25, -0.2) is 14.2 Å². The zero-order valence-electron chi connectivity index (χ0n) is 11.8. The number of hydrogen-bond donors (Lipinski definition) is 2. The topological polar surface area (TPSA) is 38.0 Å². The van der Waals surface area contributed by atoms with Crippen molar-refractivity contribution >= 4 is 15.9 Å². The van der Waals surface area contributed by atoms with Gasteiger partial charge in [0, 0.05) is 0 Å². The fourth-order valence-corrected chi connectivity index (χ4v) is 2.75. The number of halogens is 3. The maximum atomic E-state index is 13.7. The Kier molecular flexibility index (Phi) is 5.08. The molecule has 0 aliphatic heterocycles. The number of nitrogens with two attached hydrogens (primary N) is 1. The quantitative estimate of drug-likeness (QED) is 0.485. The van der Waals surface area contributed by atoms with Crippen molar-refractivity contribution in [2.75, 3.05) is 0 Å². The molecule has 0 aromatic heterocycles. The average Bonchev–Trinajstić information content (AvgIpc) is 2.48. The molecule has 3 N–H and O–H groups in total. The first-order valence-corrected chi connectivity index (χ1v) is 7.44. The molecule has 0 heterocycles. The van der Waals surface area contributed by atoms with E-state index >= 15 is 0 Å². The van der Waals surface area contributed by atoms with Crippen molar-refractivity contribution in [3.05, 3.63) is 69.2 Å². The summed E-state index contributed by atoms with van der Waals surface area (Å²) in [6, 6.07) is 10.1. The predicted octanol–water partition coefficient (Wildman–Crippen LogP) is 4.40. The van der Waals surface area contributed by atoms with Crippen LogP contribution in [0.5, 0.6) is 0 Å². The van der Waals surface area contributed by atoms with E-state index in [0.29, 0.717) is 11.5 Å². The third-order valence-corrected chi connectivity index (χ3v) is 4.29. The Hall–Kier alpha value is -1.30. The molecule has 0 fully saturated rings. The summed E-state index contributed by atoms with van der Waals surface area (Å²) in [4.78, 5) is 0. The molecule has 2 rings (SSSR count). The van der Waals surface area contributed by atoms with Crippen molar-refractivity contribution in [2.24, 2.45) is 5.84 Å². The maximum absolute atomic E-state index is 13.7. The van der Waals surface area contributed by atoms with E-state index < -0.39 is 17.7 Å². The molecule has 21 heavy (non-hydrogen) atoms. The highest BCUT2D eigenvalue weighted by atomic mass is 79.9. The van der Waals surface area contributed by atoms with Gasteiger partial charge in [-0.3, -0.25) is 5.84 Å². The summed E-state index contributed by atoms with van der Waals surface area (Å²) in [5.74, 6) is 4.23. The lowest BCUT2D eigenvalue weighted by Crippen LogP contribution is -2.29. The fraction of sp³-hybridized carbons (Fsp3) is 0.250. The van der Waals surface area contributed by atoms with Crippen molar-refractivity contribution in [3.8, 4) is 0 Å². The van der Waals surface area contributed by atoms with Crippen LogP contribution in [0, 0.1) is 11.6 Å². The van der Waals surface area contributed by atoms with Crippen LogP contribution in [0.4, 0.5) is 8.78 Å². The van der Waals surface area contributed by atoms with E-state index in [1.807, 2.05) is 24.3 Å². The van der Waals surface area contributed by atoms with E-state index in [2.05, 4.69) is 35.2 Å². The molecule has 0 saturated carbocycles. The number of rotatable bonds is 4. The molecule has 1 unspecified atom stereocenters. The van der Waals surface area contributed by atoms with E-state index in [-0.39, 0.29) is 4.47 Å². The van der Waals surface area contributed by atoms with Gasteiger partial charge in [-0.2, -0.15) is 0 Å². The van der Waals surface area contributed by atoms with Crippen LogP contribution in [0.25, 0.3) is 0 Å². The summed E-state index contributed by atoms with van der Waals surface area (Å²) in [6.45, 7) is 4.22. The van der Waals surface area contributed by atoms with Crippen molar-refractivity contribution in [1.82, 2.24) is 5.43 Å². The molecule has 0 saturated heterocycles. The molecule has 0 aliphatic carbocycles. The molecule has 2 aromatic rings. The molecule has 0 amide bonds. The van der Waals surface area contributed by atoms with E-state index in [1.54, 1.807) is 0 Å². The van der Waals surface area contributed by atoms with Crippen molar-refractivity contribution in [3.63, 3.8) is 0 Å². The van der Waals surface area contributed by atoms with E-state index in [1.165, 1.54) is 11.6 Å². The highest BCUT2D eigenvalue weighted by Gasteiger charge is 2.19. The Balaban J connectivity index is 2.42. The lowest BCUT2D eigenvalue weighted by Gasteiger charge is -2.19. The number of nitrogens with one attached hydrogen (secondary N) is 1. The van der Waals surface area contributed by atoms with Crippen LogP contribution in [-0.2, 0) is 0 Å². The maximum Gasteiger partial charge on any atom is 0.173 e. The van der Waals surface area contributed by atoms with Gasteiger partial charge in [0.05, 0.1) is 10.5 Å². The summed E-state index contributed by atoms with van der Waals surface area (Å²) in [6.07, 6.45) is 0. The number of hydrazine groups is 1. The van der Waals surface area contributed by atoms with Crippen LogP contribution in [-0.4, -0.2) is 0 Å². The van der Waals surface area contributed by atoms with Crippen LogP contribution in [0.3, 0.4) is 0 Å². The van der Waals surface area contributed by atoms with Crippen LogP contribution in [0.1, 0.15) is 42.5 Å². The first-order valence-electron chi connectivity index (χ1n) is 6.65. The number of benzene rings is 2. The molecule has 1 atom stereocenters. The summed E-state index contributed by atoms with van der Waals surface area (Å²) in [5, 5.41) is 0. The van der Waals surface area contributed by atoms with Crippen LogP contribution in [0.15, 0.2) is 40.9 Å². The van der Waals surface area contributed by atoms with Gasteiger partial charge in [-0.15, -0.1) is 0 Å². The Bertz CT molecular complexity index is 627. The molecular formula is C16H17BrF2N2. The number of hydrogen-bond acceptors (Lipinski definition) is 2. The van der Waals surface area contributed by atoms with Crippen LogP contribution >= 0.6 is 15.9 Å². The van der Waals surface area contributed by atoms with Crippen LogP contribution in [0.2, 0.25) is 0 Å². The van der Waals surface area contributed by atoms with Gasteiger partial charge in [0.2, 0.25) is 0 Å². The molecule has 2 aromatic carbocycles. The second kappa shape index (κ2) is 6.64. The van der Waals surface area contributed by atoms with Gasteiger partial charge in [0.15, 0.2) is 11.6 Å². The summed E-state index contributed by atoms with van der Waals surface area (Å²) in [5.41, 5.74) is 5.29. The summed E-state index contributed by atoms with van der Waals surface area (Å²) >= 11 is 3.10. The van der Waals surface area contributed by atoms with E-state index in [0.717, 1.165) is 11.6 Å². The Morgan fingerprint density at radius 3 is 2.10 bits per heavy atom. The zero-order valence-corrected chi connectivity index (χ0v) is 13.4. The van der Waals surface area contributed by atoms with E-state index in [4.69, 9.17) is 5.84 Å². The predicted molar refractivity (Wildman–Crippen MR) is 83.8 cm³/mol.